The second-order valence-electron chi connectivity index (χ2n) is 11.0. The van der Waals surface area contributed by atoms with E-state index in [9.17, 15) is 19.5 Å². The Labute approximate surface area is 239 Å². The van der Waals surface area contributed by atoms with Gasteiger partial charge in [0, 0.05) is 25.3 Å². The Hall–Kier alpha value is -3.95. The number of aliphatic hydroxyl groups is 1. The van der Waals surface area contributed by atoms with Crippen LogP contribution in [0, 0.1) is 11.8 Å². The molecule has 4 aliphatic rings. The number of aliphatic hydroxyl groups excluding tert-OH is 1. The molecule has 2 fully saturated rings. The number of likely N-dealkylation sites (tertiary alicyclic amines) is 1. The minimum absolute atomic E-state index is 0.143. The topological polar surface area (TPSA) is 99.6 Å². The lowest BCUT2D eigenvalue weighted by Gasteiger charge is -2.38. The fourth-order valence-electron chi connectivity index (χ4n) is 6.96. The van der Waals surface area contributed by atoms with Crippen molar-refractivity contribution in [3.8, 4) is 5.75 Å². The van der Waals surface area contributed by atoms with Gasteiger partial charge >= 0.3 is 0 Å². The smallest absolute Gasteiger partial charge is 0.253 e. The minimum atomic E-state index is -1.37. The van der Waals surface area contributed by atoms with Crippen molar-refractivity contribution in [1.82, 2.24) is 9.80 Å². The maximum atomic E-state index is 14.6. The van der Waals surface area contributed by atoms with Gasteiger partial charge in [-0.05, 0) is 36.2 Å². The molecule has 0 aromatic heterocycles. The first-order chi connectivity index (χ1) is 19.9. The van der Waals surface area contributed by atoms with E-state index in [1.165, 1.54) is 4.90 Å². The van der Waals surface area contributed by atoms with Crippen LogP contribution in [0.2, 0.25) is 0 Å². The van der Waals surface area contributed by atoms with E-state index in [1.54, 1.807) is 41.2 Å². The van der Waals surface area contributed by atoms with E-state index in [4.69, 9.17) is 9.47 Å². The average molecular weight is 558 g/mol. The lowest BCUT2D eigenvalue weighted by Crippen LogP contribution is -2.56. The van der Waals surface area contributed by atoms with Crippen LogP contribution in [-0.4, -0.2) is 83.7 Å². The van der Waals surface area contributed by atoms with Crippen molar-refractivity contribution in [1.29, 1.82) is 0 Å². The molecule has 6 rings (SSSR count). The van der Waals surface area contributed by atoms with Gasteiger partial charge in [-0.15, -0.1) is 0 Å². The second-order valence-corrected chi connectivity index (χ2v) is 11.0. The quantitative estimate of drug-likeness (QED) is 0.526. The molecule has 2 saturated heterocycles. The molecular formula is C32H35N3O6. The van der Waals surface area contributed by atoms with Gasteiger partial charge in [-0.2, -0.15) is 0 Å². The van der Waals surface area contributed by atoms with E-state index >= 15 is 0 Å². The summed E-state index contributed by atoms with van der Waals surface area (Å²) in [5.41, 5.74) is -0.0278. The van der Waals surface area contributed by atoms with Crippen LogP contribution in [0.5, 0.6) is 5.75 Å². The monoisotopic (exact) mass is 557 g/mol. The summed E-state index contributed by atoms with van der Waals surface area (Å²) in [4.78, 5) is 48.1. The fraction of sp³-hybridized carbons (Fsp3) is 0.406. The van der Waals surface area contributed by atoms with Crippen LogP contribution in [0.3, 0.4) is 0 Å². The summed E-state index contributed by atoms with van der Waals surface area (Å²) in [6.45, 7) is 2.90. The van der Waals surface area contributed by atoms with Gasteiger partial charge in [0.1, 0.15) is 17.4 Å². The molecule has 0 bridgehead atoms. The van der Waals surface area contributed by atoms with Crippen LogP contribution in [0.1, 0.15) is 24.9 Å². The second kappa shape index (κ2) is 10.8. The van der Waals surface area contributed by atoms with Crippen molar-refractivity contribution in [2.45, 2.75) is 37.1 Å². The van der Waals surface area contributed by atoms with Crippen LogP contribution >= 0.6 is 0 Å². The van der Waals surface area contributed by atoms with Crippen LogP contribution in [0.15, 0.2) is 78.9 Å². The molecule has 4 aliphatic heterocycles. The van der Waals surface area contributed by atoms with Gasteiger partial charge in [0.25, 0.3) is 5.91 Å². The van der Waals surface area contributed by atoms with Crippen molar-refractivity contribution in [3.05, 3.63) is 84.5 Å². The molecule has 41 heavy (non-hydrogen) atoms. The highest BCUT2D eigenvalue weighted by molar-refractivity contribution is 6.06. The predicted molar refractivity (Wildman–Crippen MR) is 152 cm³/mol. The molecular weight excluding hydrogens is 522 g/mol. The molecule has 1 N–H and O–H groups in total. The Balaban J connectivity index is 1.49. The number of nitrogens with zero attached hydrogens (tertiary/aromatic N) is 3. The molecule has 0 saturated carbocycles. The first-order valence-electron chi connectivity index (χ1n) is 14.2. The van der Waals surface area contributed by atoms with Crippen LogP contribution in [0.25, 0.3) is 0 Å². The lowest BCUT2D eigenvalue weighted by atomic mass is 9.77. The molecule has 1 spiro atoms. The number of anilines is 1. The van der Waals surface area contributed by atoms with E-state index in [0.29, 0.717) is 30.1 Å². The van der Waals surface area contributed by atoms with Gasteiger partial charge in [0.15, 0.2) is 0 Å². The predicted octanol–water partition coefficient (Wildman–Crippen LogP) is 2.72. The Kier molecular flexibility index (Phi) is 7.17. The number of amides is 3. The lowest BCUT2D eigenvalue weighted by molar-refractivity contribution is -0.147. The molecule has 6 atom stereocenters. The first-order valence-corrected chi connectivity index (χ1v) is 14.2. The standard InChI is InChI=1S/C32H35N3O6/c1-3-17-33-18-7-11-25-26(29(33)37)27-30(38)35(24(20-36)21-9-5-4-6-10-21)28-31(39)34(19-8-16-32(27,28)41-25)22-12-14-23(40-2)15-13-22/h4-16,24-28,36H,3,17-20H2,1-2H3/t24-,25+,26-,27+,28?,32+/m1/s1. The highest BCUT2D eigenvalue weighted by Gasteiger charge is 2.72. The normalized spacial score (nSPS) is 29.6. The van der Waals surface area contributed by atoms with Crippen molar-refractivity contribution < 1.29 is 29.0 Å². The van der Waals surface area contributed by atoms with E-state index in [2.05, 4.69) is 0 Å². The molecule has 2 aromatic rings. The third-order valence-corrected chi connectivity index (χ3v) is 8.75. The first kappa shape index (κ1) is 27.2. The van der Waals surface area contributed by atoms with Gasteiger partial charge < -0.3 is 29.3 Å². The van der Waals surface area contributed by atoms with E-state index in [1.807, 2.05) is 61.6 Å². The molecule has 3 amide bonds. The highest BCUT2D eigenvalue weighted by atomic mass is 16.5. The average Bonchev–Trinajstić information content (AvgIpc) is 3.31. The summed E-state index contributed by atoms with van der Waals surface area (Å²) < 4.78 is 12.0. The van der Waals surface area contributed by atoms with Crippen LogP contribution in [0.4, 0.5) is 5.69 Å². The number of ether oxygens (including phenoxy) is 2. The Morgan fingerprint density at radius 3 is 2.44 bits per heavy atom. The van der Waals surface area contributed by atoms with Crippen molar-refractivity contribution in [2.24, 2.45) is 11.8 Å². The van der Waals surface area contributed by atoms with Crippen molar-refractivity contribution in [3.63, 3.8) is 0 Å². The summed E-state index contributed by atoms with van der Waals surface area (Å²) in [6, 6.07) is 14.5. The summed E-state index contributed by atoms with van der Waals surface area (Å²) >= 11 is 0. The Morgan fingerprint density at radius 1 is 1.00 bits per heavy atom. The van der Waals surface area contributed by atoms with Gasteiger partial charge in [-0.3, -0.25) is 14.4 Å². The highest BCUT2D eigenvalue weighted by Crippen LogP contribution is 2.55. The number of carbonyl (C=O) groups excluding carboxylic acids is 3. The molecule has 4 heterocycles. The fourth-order valence-corrected chi connectivity index (χ4v) is 6.96. The Morgan fingerprint density at radius 2 is 1.76 bits per heavy atom. The number of methoxy groups -OCH3 is 1. The maximum absolute atomic E-state index is 14.6. The zero-order chi connectivity index (χ0) is 28.7. The Bertz CT molecular complexity index is 1380. The molecule has 2 aromatic carbocycles. The van der Waals surface area contributed by atoms with Gasteiger partial charge in [-0.25, -0.2) is 0 Å². The molecule has 9 heteroatoms. The third-order valence-electron chi connectivity index (χ3n) is 8.75. The third kappa shape index (κ3) is 4.26. The maximum Gasteiger partial charge on any atom is 0.253 e. The van der Waals surface area contributed by atoms with Gasteiger partial charge in [-0.1, -0.05) is 61.6 Å². The number of hydrogen-bond donors (Lipinski definition) is 1. The zero-order valence-corrected chi connectivity index (χ0v) is 23.3. The van der Waals surface area contributed by atoms with Crippen LogP contribution in [-0.2, 0) is 19.1 Å². The molecule has 9 nitrogen and oxygen atoms in total. The van der Waals surface area contributed by atoms with Crippen LogP contribution < -0.4 is 9.64 Å². The molecule has 1 unspecified atom stereocenters. The van der Waals surface area contributed by atoms with E-state index < -0.39 is 42.2 Å². The number of carbonyl (C=O) groups is 3. The number of rotatable bonds is 7. The van der Waals surface area contributed by atoms with Gasteiger partial charge in [0.05, 0.1) is 37.7 Å². The van der Waals surface area contributed by atoms with E-state index in [-0.39, 0.29) is 24.3 Å². The summed E-state index contributed by atoms with van der Waals surface area (Å²) in [5, 5.41) is 10.7. The van der Waals surface area contributed by atoms with Crippen molar-refractivity contribution >= 4 is 23.4 Å². The van der Waals surface area contributed by atoms with Gasteiger partial charge in [0.2, 0.25) is 11.8 Å². The minimum Gasteiger partial charge on any atom is -0.497 e. The molecule has 214 valence electrons. The molecule has 0 radical (unpaired) electrons. The SMILES string of the molecule is CCCN1CC=C[C@@H]2O[C@]34C=CCN(c5ccc(OC)cc5)C(=O)C3N([C@H](CO)c3ccccc3)C(=O)[C@@H]4[C@@H]2C1=O. The van der Waals surface area contributed by atoms with E-state index in [0.717, 1.165) is 6.42 Å². The summed E-state index contributed by atoms with van der Waals surface area (Å²) in [6.07, 6.45) is 7.60. The zero-order valence-electron chi connectivity index (χ0n) is 23.3. The van der Waals surface area contributed by atoms with Crippen molar-refractivity contribution in [2.75, 3.05) is 38.3 Å². The number of fused-ring (bicyclic) bond motifs is 2. The largest absolute Gasteiger partial charge is 0.497 e. The molecule has 0 aliphatic carbocycles. The number of benzene rings is 2. The summed E-state index contributed by atoms with van der Waals surface area (Å²) in [7, 11) is 1.58. The summed E-state index contributed by atoms with van der Waals surface area (Å²) in [5.74, 6) is -1.87. The number of hydrogen-bond acceptors (Lipinski definition) is 6.